The average molecular weight is 440 g/mol. The number of amides is 1. The quantitative estimate of drug-likeness (QED) is 0.692. The summed E-state index contributed by atoms with van der Waals surface area (Å²) in [6.07, 6.45) is 0. The van der Waals surface area contributed by atoms with Gasteiger partial charge in [0.1, 0.15) is 0 Å². The first-order chi connectivity index (χ1) is 8.82. The average Bonchev–Trinajstić information content (AvgIpc) is 2.31. The Kier molecular flexibility index (Phi) is 6.25. The number of carboxylic acid groups (broad SMARTS) is 1. The zero-order valence-corrected chi connectivity index (χ0v) is 14.4. The summed E-state index contributed by atoms with van der Waals surface area (Å²) in [6, 6.07) is 5.44. The van der Waals surface area contributed by atoms with Gasteiger partial charge in [-0.15, -0.1) is 0 Å². The molecule has 0 bridgehead atoms. The molecule has 19 heavy (non-hydrogen) atoms. The fourth-order valence-electron chi connectivity index (χ4n) is 1.58. The SMILES string of the molecule is CC(C)C(CNC(=O)c1cc(I)ccc1Br)C(=O)O. The second kappa shape index (κ2) is 7.23. The Labute approximate surface area is 134 Å². The minimum Gasteiger partial charge on any atom is -0.481 e. The molecule has 0 aromatic heterocycles. The van der Waals surface area contributed by atoms with Crippen molar-refractivity contribution in [2.45, 2.75) is 13.8 Å². The molecular formula is C13H15BrINO3. The standard InChI is InChI=1S/C13H15BrINO3/c1-7(2)10(13(18)19)6-16-12(17)9-5-8(15)3-4-11(9)14/h3-5,7,10H,6H2,1-2H3,(H,16,17)(H,18,19). The Morgan fingerprint density at radius 1 is 1.42 bits per heavy atom. The first-order valence-electron chi connectivity index (χ1n) is 5.79. The normalized spacial score (nSPS) is 12.3. The van der Waals surface area contributed by atoms with Crippen LogP contribution in [-0.4, -0.2) is 23.5 Å². The molecule has 2 N–H and O–H groups in total. The number of benzene rings is 1. The van der Waals surface area contributed by atoms with Crippen molar-refractivity contribution in [2.75, 3.05) is 6.54 Å². The van der Waals surface area contributed by atoms with E-state index in [9.17, 15) is 9.59 Å². The highest BCUT2D eigenvalue weighted by molar-refractivity contribution is 14.1. The van der Waals surface area contributed by atoms with Crippen molar-refractivity contribution in [3.63, 3.8) is 0 Å². The number of halogens is 2. The molecule has 4 nitrogen and oxygen atoms in total. The minimum atomic E-state index is -0.892. The van der Waals surface area contributed by atoms with E-state index in [0.29, 0.717) is 10.0 Å². The second-order valence-electron chi connectivity index (χ2n) is 4.52. The molecule has 1 rings (SSSR count). The highest BCUT2D eigenvalue weighted by Crippen LogP contribution is 2.19. The molecule has 0 aliphatic rings. The maximum Gasteiger partial charge on any atom is 0.308 e. The van der Waals surface area contributed by atoms with Crippen LogP contribution in [0.5, 0.6) is 0 Å². The van der Waals surface area contributed by atoms with Gasteiger partial charge < -0.3 is 10.4 Å². The molecule has 1 aromatic carbocycles. The largest absolute Gasteiger partial charge is 0.481 e. The molecule has 1 amide bonds. The van der Waals surface area contributed by atoms with Gasteiger partial charge >= 0.3 is 5.97 Å². The Morgan fingerprint density at radius 3 is 2.58 bits per heavy atom. The van der Waals surface area contributed by atoms with Gasteiger partial charge in [-0.05, 0) is 62.6 Å². The molecule has 1 unspecified atom stereocenters. The van der Waals surface area contributed by atoms with E-state index in [1.54, 1.807) is 12.1 Å². The fraction of sp³-hybridized carbons (Fsp3) is 0.385. The van der Waals surface area contributed by atoms with Gasteiger partial charge in [0, 0.05) is 14.6 Å². The van der Waals surface area contributed by atoms with Gasteiger partial charge in [0.05, 0.1) is 11.5 Å². The lowest BCUT2D eigenvalue weighted by molar-refractivity contribution is -0.142. The highest BCUT2D eigenvalue weighted by atomic mass is 127. The number of aliphatic carboxylic acids is 1. The lowest BCUT2D eigenvalue weighted by Crippen LogP contribution is -2.35. The van der Waals surface area contributed by atoms with E-state index in [1.165, 1.54) is 0 Å². The van der Waals surface area contributed by atoms with Gasteiger partial charge in [0.25, 0.3) is 5.91 Å². The topological polar surface area (TPSA) is 66.4 Å². The highest BCUT2D eigenvalue weighted by Gasteiger charge is 2.22. The summed E-state index contributed by atoms with van der Waals surface area (Å²) in [4.78, 5) is 23.1. The lowest BCUT2D eigenvalue weighted by atomic mass is 9.96. The summed E-state index contributed by atoms with van der Waals surface area (Å²) < 4.78 is 1.64. The first-order valence-corrected chi connectivity index (χ1v) is 7.66. The molecular weight excluding hydrogens is 425 g/mol. The van der Waals surface area contributed by atoms with E-state index in [4.69, 9.17) is 5.11 Å². The molecule has 0 radical (unpaired) electrons. The van der Waals surface area contributed by atoms with Gasteiger partial charge in [-0.3, -0.25) is 9.59 Å². The number of hydrogen-bond acceptors (Lipinski definition) is 2. The van der Waals surface area contributed by atoms with Crippen LogP contribution in [0, 0.1) is 15.4 Å². The summed E-state index contributed by atoms with van der Waals surface area (Å²) in [5.41, 5.74) is 0.514. The van der Waals surface area contributed by atoms with E-state index in [2.05, 4.69) is 43.8 Å². The monoisotopic (exact) mass is 439 g/mol. The number of hydrogen-bond donors (Lipinski definition) is 2. The summed E-state index contributed by atoms with van der Waals surface area (Å²) in [5, 5.41) is 11.7. The summed E-state index contributed by atoms with van der Waals surface area (Å²) >= 11 is 5.44. The van der Waals surface area contributed by atoms with E-state index in [-0.39, 0.29) is 18.4 Å². The second-order valence-corrected chi connectivity index (χ2v) is 6.62. The molecule has 0 saturated heterocycles. The van der Waals surface area contributed by atoms with Crippen LogP contribution < -0.4 is 5.32 Å². The number of carboxylic acids is 1. The molecule has 0 saturated carbocycles. The van der Waals surface area contributed by atoms with Crippen molar-refractivity contribution >= 4 is 50.4 Å². The summed E-state index contributed by atoms with van der Waals surface area (Å²) in [6.45, 7) is 3.78. The molecule has 0 spiro atoms. The smallest absolute Gasteiger partial charge is 0.308 e. The van der Waals surface area contributed by atoms with Crippen LogP contribution in [0.25, 0.3) is 0 Å². The van der Waals surface area contributed by atoms with Gasteiger partial charge in [0.15, 0.2) is 0 Å². The van der Waals surface area contributed by atoms with E-state index >= 15 is 0 Å². The predicted molar refractivity (Wildman–Crippen MR) is 85.2 cm³/mol. The van der Waals surface area contributed by atoms with Crippen LogP contribution in [-0.2, 0) is 4.79 Å². The van der Waals surface area contributed by atoms with E-state index < -0.39 is 11.9 Å². The van der Waals surface area contributed by atoms with Crippen LogP contribution in [0.1, 0.15) is 24.2 Å². The van der Waals surface area contributed by atoms with E-state index in [1.807, 2.05) is 19.9 Å². The summed E-state index contributed by atoms with van der Waals surface area (Å²) in [5.74, 6) is -1.77. The molecule has 0 heterocycles. The maximum absolute atomic E-state index is 12.0. The number of nitrogens with one attached hydrogen (secondary N) is 1. The number of carbonyl (C=O) groups excluding carboxylic acids is 1. The fourth-order valence-corrected chi connectivity index (χ4v) is 2.50. The molecule has 0 fully saturated rings. The van der Waals surface area contributed by atoms with Crippen LogP contribution in [0.15, 0.2) is 22.7 Å². The van der Waals surface area contributed by atoms with Crippen molar-refractivity contribution in [2.24, 2.45) is 11.8 Å². The van der Waals surface area contributed by atoms with E-state index in [0.717, 1.165) is 3.57 Å². The van der Waals surface area contributed by atoms with Crippen molar-refractivity contribution in [3.8, 4) is 0 Å². The third-order valence-corrected chi connectivity index (χ3v) is 4.14. The van der Waals surface area contributed by atoms with Gasteiger partial charge in [-0.1, -0.05) is 13.8 Å². The Bertz CT molecular complexity index is 491. The van der Waals surface area contributed by atoms with Gasteiger partial charge in [-0.2, -0.15) is 0 Å². The zero-order chi connectivity index (χ0) is 14.6. The third kappa shape index (κ3) is 4.76. The van der Waals surface area contributed by atoms with Crippen LogP contribution in [0.4, 0.5) is 0 Å². The lowest BCUT2D eigenvalue weighted by Gasteiger charge is -2.17. The number of carbonyl (C=O) groups is 2. The van der Waals surface area contributed by atoms with Crippen LogP contribution in [0.2, 0.25) is 0 Å². The third-order valence-electron chi connectivity index (χ3n) is 2.78. The Balaban J connectivity index is 2.75. The van der Waals surface area contributed by atoms with Crippen molar-refractivity contribution in [3.05, 3.63) is 31.8 Å². The van der Waals surface area contributed by atoms with Crippen LogP contribution >= 0.6 is 38.5 Å². The van der Waals surface area contributed by atoms with Gasteiger partial charge in [-0.25, -0.2) is 0 Å². The van der Waals surface area contributed by atoms with Crippen molar-refractivity contribution < 1.29 is 14.7 Å². The minimum absolute atomic E-state index is 0.0304. The van der Waals surface area contributed by atoms with Crippen LogP contribution in [0.3, 0.4) is 0 Å². The molecule has 1 aromatic rings. The molecule has 1 atom stereocenters. The van der Waals surface area contributed by atoms with Crippen molar-refractivity contribution in [1.29, 1.82) is 0 Å². The molecule has 6 heteroatoms. The predicted octanol–water partition coefficient (Wildman–Crippen LogP) is 3.14. The number of rotatable bonds is 5. The first kappa shape index (κ1) is 16.4. The summed E-state index contributed by atoms with van der Waals surface area (Å²) in [7, 11) is 0. The maximum atomic E-state index is 12.0. The molecule has 0 aliphatic carbocycles. The molecule has 104 valence electrons. The zero-order valence-electron chi connectivity index (χ0n) is 10.6. The van der Waals surface area contributed by atoms with Crippen molar-refractivity contribution in [1.82, 2.24) is 5.32 Å². The van der Waals surface area contributed by atoms with Gasteiger partial charge in [0.2, 0.25) is 0 Å². The Hall–Kier alpha value is -0.630. The Morgan fingerprint density at radius 2 is 2.05 bits per heavy atom. The molecule has 0 aliphatic heterocycles.